The summed E-state index contributed by atoms with van der Waals surface area (Å²) < 4.78 is 0. The molecule has 2 aromatic rings. The van der Waals surface area contributed by atoms with E-state index >= 15 is 0 Å². The molecule has 0 aliphatic heterocycles. The summed E-state index contributed by atoms with van der Waals surface area (Å²) in [7, 11) is 0. The van der Waals surface area contributed by atoms with Crippen LogP contribution in [0.5, 0.6) is 0 Å². The zero-order chi connectivity index (χ0) is 15.2. The third-order valence-corrected chi connectivity index (χ3v) is 4.16. The van der Waals surface area contributed by atoms with Crippen molar-refractivity contribution in [1.29, 1.82) is 5.26 Å². The Hall–Kier alpha value is -2.12. The fourth-order valence-corrected chi connectivity index (χ4v) is 2.76. The molecule has 1 heterocycles. The van der Waals surface area contributed by atoms with E-state index in [0.29, 0.717) is 29.3 Å². The standard InChI is InChI=1S/C17H18N2OS/c1-12(2)14-6-3-13(4-7-14)5-8-16(20)19-17-15(11-18)9-10-21-17/h3-4,6-7,9-10,12H,5,8H2,1-2H3,(H,19,20). The van der Waals surface area contributed by atoms with Gasteiger partial charge < -0.3 is 5.32 Å². The van der Waals surface area contributed by atoms with Crippen molar-refractivity contribution in [1.82, 2.24) is 0 Å². The van der Waals surface area contributed by atoms with Gasteiger partial charge in [-0.1, -0.05) is 38.1 Å². The quantitative estimate of drug-likeness (QED) is 0.894. The fourth-order valence-electron chi connectivity index (χ4n) is 2.01. The maximum Gasteiger partial charge on any atom is 0.225 e. The molecule has 4 heteroatoms. The Balaban J connectivity index is 1.88. The maximum absolute atomic E-state index is 11.9. The molecule has 0 spiro atoms. The summed E-state index contributed by atoms with van der Waals surface area (Å²) in [5.74, 6) is 0.465. The van der Waals surface area contributed by atoms with Crippen LogP contribution in [0.1, 0.15) is 42.9 Å². The predicted molar refractivity (Wildman–Crippen MR) is 86.5 cm³/mol. The molecule has 1 aromatic carbocycles. The van der Waals surface area contributed by atoms with Crippen LogP contribution in [0.2, 0.25) is 0 Å². The number of benzene rings is 1. The molecule has 0 aliphatic carbocycles. The summed E-state index contributed by atoms with van der Waals surface area (Å²) >= 11 is 1.37. The molecule has 21 heavy (non-hydrogen) atoms. The highest BCUT2D eigenvalue weighted by Gasteiger charge is 2.08. The van der Waals surface area contributed by atoms with Gasteiger partial charge in [-0.25, -0.2) is 0 Å². The van der Waals surface area contributed by atoms with Crippen LogP contribution in [-0.2, 0) is 11.2 Å². The number of nitrogens with zero attached hydrogens (tertiary/aromatic N) is 1. The van der Waals surface area contributed by atoms with E-state index in [2.05, 4.69) is 49.5 Å². The Bertz CT molecular complexity index is 650. The summed E-state index contributed by atoms with van der Waals surface area (Å²) in [6.45, 7) is 4.33. The number of nitriles is 1. The van der Waals surface area contributed by atoms with E-state index in [1.165, 1.54) is 16.9 Å². The Morgan fingerprint density at radius 3 is 2.62 bits per heavy atom. The van der Waals surface area contributed by atoms with E-state index in [4.69, 9.17) is 5.26 Å². The van der Waals surface area contributed by atoms with Gasteiger partial charge in [-0.3, -0.25) is 4.79 Å². The van der Waals surface area contributed by atoms with Crippen LogP contribution < -0.4 is 5.32 Å². The zero-order valence-corrected chi connectivity index (χ0v) is 13.0. The maximum atomic E-state index is 11.9. The van der Waals surface area contributed by atoms with Gasteiger partial charge in [0.05, 0.1) is 5.56 Å². The van der Waals surface area contributed by atoms with Gasteiger partial charge in [0.25, 0.3) is 0 Å². The van der Waals surface area contributed by atoms with E-state index in [9.17, 15) is 4.79 Å². The average molecular weight is 298 g/mol. The van der Waals surface area contributed by atoms with Gasteiger partial charge in [0.2, 0.25) is 5.91 Å². The largest absolute Gasteiger partial charge is 0.317 e. The third kappa shape index (κ3) is 4.17. The molecule has 0 unspecified atom stereocenters. The molecule has 0 saturated heterocycles. The number of thiophene rings is 1. The lowest BCUT2D eigenvalue weighted by atomic mass is 10.0. The number of nitrogens with one attached hydrogen (secondary N) is 1. The van der Waals surface area contributed by atoms with Crippen LogP contribution in [0.3, 0.4) is 0 Å². The molecule has 0 saturated carbocycles. The van der Waals surface area contributed by atoms with E-state index < -0.39 is 0 Å². The number of carbonyl (C=O) groups is 1. The number of anilines is 1. The second-order valence-electron chi connectivity index (χ2n) is 5.22. The molecule has 1 N–H and O–H groups in total. The summed E-state index contributed by atoms with van der Waals surface area (Å²) in [4.78, 5) is 11.9. The van der Waals surface area contributed by atoms with Crippen molar-refractivity contribution in [2.75, 3.05) is 5.32 Å². The highest BCUT2D eigenvalue weighted by Crippen LogP contribution is 2.22. The van der Waals surface area contributed by atoms with Crippen LogP contribution in [-0.4, -0.2) is 5.91 Å². The monoisotopic (exact) mass is 298 g/mol. The van der Waals surface area contributed by atoms with Gasteiger partial charge in [-0.15, -0.1) is 11.3 Å². The number of rotatable bonds is 5. The Kier molecular flexibility index (Phi) is 5.13. The Morgan fingerprint density at radius 1 is 1.29 bits per heavy atom. The second-order valence-corrected chi connectivity index (χ2v) is 6.14. The highest BCUT2D eigenvalue weighted by molar-refractivity contribution is 7.14. The molecular formula is C17H18N2OS. The van der Waals surface area contributed by atoms with E-state index in [1.54, 1.807) is 11.4 Å². The first-order valence-electron chi connectivity index (χ1n) is 6.96. The normalized spacial score (nSPS) is 10.4. The lowest BCUT2D eigenvalue weighted by molar-refractivity contribution is -0.116. The van der Waals surface area contributed by atoms with Crippen LogP contribution in [0, 0.1) is 11.3 Å². The minimum absolute atomic E-state index is 0.0538. The molecule has 1 aromatic heterocycles. The summed E-state index contributed by atoms with van der Waals surface area (Å²) in [6, 6.07) is 12.2. The molecule has 3 nitrogen and oxygen atoms in total. The average Bonchev–Trinajstić information content (AvgIpc) is 2.92. The van der Waals surface area contributed by atoms with Crippen molar-refractivity contribution >= 4 is 22.2 Å². The smallest absolute Gasteiger partial charge is 0.225 e. The first kappa shape index (κ1) is 15.3. The van der Waals surface area contributed by atoms with Gasteiger partial charge in [-0.05, 0) is 34.9 Å². The highest BCUT2D eigenvalue weighted by atomic mass is 32.1. The minimum Gasteiger partial charge on any atom is -0.317 e. The number of hydrogen-bond donors (Lipinski definition) is 1. The van der Waals surface area contributed by atoms with Gasteiger partial charge in [0.1, 0.15) is 11.1 Å². The molecular weight excluding hydrogens is 280 g/mol. The number of carbonyl (C=O) groups excluding carboxylic acids is 1. The van der Waals surface area contributed by atoms with E-state index in [0.717, 1.165) is 5.56 Å². The van der Waals surface area contributed by atoms with Crippen molar-refractivity contribution in [3.05, 3.63) is 52.4 Å². The lowest BCUT2D eigenvalue weighted by Crippen LogP contribution is -2.12. The Labute approximate surface area is 129 Å². The number of aryl methyl sites for hydroxylation is 1. The first-order valence-corrected chi connectivity index (χ1v) is 7.84. The van der Waals surface area contributed by atoms with Gasteiger partial charge >= 0.3 is 0 Å². The van der Waals surface area contributed by atoms with Crippen molar-refractivity contribution in [3.8, 4) is 6.07 Å². The van der Waals surface area contributed by atoms with Gasteiger partial charge in [-0.2, -0.15) is 5.26 Å². The van der Waals surface area contributed by atoms with Crippen LogP contribution in [0.4, 0.5) is 5.00 Å². The predicted octanol–water partition coefficient (Wildman–Crippen LogP) is 4.31. The van der Waals surface area contributed by atoms with Crippen molar-refractivity contribution in [2.45, 2.75) is 32.6 Å². The zero-order valence-electron chi connectivity index (χ0n) is 12.2. The van der Waals surface area contributed by atoms with E-state index in [-0.39, 0.29) is 5.91 Å². The lowest BCUT2D eigenvalue weighted by Gasteiger charge is -2.07. The third-order valence-electron chi connectivity index (χ3n) is 3.33. The van der Waals surface area contributed by atoms with Crippen molar-refractivity contribution < 1.29 is 4.79 Å². The van der Waals surface area contributed by atoms with Crippen LogP contribution in [0.25, 0.3) is 0 Å². The first-order chi connectivity index (χ1) is 10.1. The topological polar surface area (TPSA) is 52.9 Å². The van der Waals surface area contributed by atoms with Gasteiger partial charge in [0, 0.05) is 6.42 Å². The number of hydrogen-bond acceptors (Lipinski definition) is 3. The summed E-state index contributed by atoms with van der Waals surface area (Å²) in [5.41, 5.74) is 2.98. The van der Waals surface area contributed by atoms with E-state index in [1.807, 2.05) is 0 Å². The second kappa shape index (κ2) is 7.05. The molecule has 108 valence electrons. The SMILES string of the molecule is CC(C)c1ccc(CCC(=O)Nc2sccc2C#N)cc1. The summed E-state index contributed by atoms with van der Waals surface area (Å²) in [5, 5.41) is 14.1. The van der Waals surface area contributed by atoms with Crippen LogP contribution >= 0.6 is 11.3 Å². The van der Waals surface area contributed by atoms with Gasteiger partial charge in [0.15, 0.2) is 0 Å². The van der Waals surface area contributed by atoms with Crippen molar-refractivity contribution in [3.63, 3.8) is 0 Å². The molecule has 0 fully saturated rings. The molecule has 0 radical (unpaired) electrons. The summed E-state index contributed by atoms with van der Waals surface area (Å²) in [6.07, 6.45) is 1.13. The molecule has 2 rings (SSSR count). The molecule has 0 aliphatic rings. The Morgan fingerprint density at radius 2 is 2.00 bits per heavy atom. The molecule has 1 amide bonds. The fraction of sp³-hybridized carbons (Fsp3) is 0.294. The van der Waals surface area contributed by atoms with Crippen molar-refractivity contribution in [2.24, 2.45) is 0 Å². The number of amides is 1. The molecule has 0 bridgehead atoms. The van der Waals surface area contributed by atoms with Crippen LogP contribution in [0.15, 0.2) is 35.7 Å². The molecule has 0 atom stereocenters. The minimum atomic E-state index is -0.0538.